The second kappa shape index (κ2) is 6.43. The molecule has 7 nitrogen and oxygen atoms in total. The van der Waals surface area contributed by atoms with E-state index in [4.69, 9.17) is 5.11 Å². The minimum Gasteiger partial charge on any atom is -0.480 e. The number of hydrogen-bond acceptors (Lipinski definition) is 4. The summed E-state index contributed by atoms with van der Waals surface area (Å²) in [5.41, 5.74) is 0. The fourth-order valence-corrected chi connectivity index (χ4v) is 3.96. The first kappa shape index (κ1) is 16.7. The van der Waals surface area contributed by atoms with Gasteiger partial charge in [-0.3, -0.25) is 0 Å². The zero-order valence-corrected chi connectivity index (χ0v) is 12.8. The van der Waals surface area contributed by atoms with E-state index in [-0.39, 0.29) is 23.5 Å². The molecule has 8 heteroatoms. The van der Waals surface area contributed by atoms with Crippen LogP contribution in [0.1, 0.15) is 26.7 Å². The molecule has 0 radical (unpaired) electrons. The largest absolute Gasteiger partial charge is 0.480 e. The second-order valence-electron chi connectivity index (χ2n) is 5.64. The Morgan fingerprint density at radius 1 is 1.40 bits per heavy atom. The molecule has 2 amide bonds. The van der Waals surface area contributed by atoms with Gasteiger partial charge in [0.1, 0.15) is 6.04 Å². The minimum atomic E-state index is -3.08. The van der Waals surface area contributed by atoms with Gasteiger partial charge in [-0.05, 0) is 18.8 Å². The summed E-state index contributed by atoms with van der Waals surface area (Å²) < 4.78 is 22.8. The standard InChI is InChI=1S/C12H22N2O5S/c1-8(2)6-10(11(15)16)13-12(17)14(3)9-4-5-20(18,19)7-9/h8-10H,4-7H2,1-3H3,(H,13,17)(H,15,16)/t9?,10-/m1/s1. The molecule has 2 N–H and O–H groups in total. The number of nitrogens with zero attached hydrogens (tertiary/aromatic N) is 1. The van der Waals surface area contributed by atoms with E-state index in [1.54, 1.807) is 0 Å². The molecule has 1 fully saturated rings. The summed E-state index contributed by atoms with van der Waals surface area (Å²) >= 11 is 0. The molecule has 0 aliphatic carbocycles. The molecule has 1 aliphatic rings. The maximum absolute atomic E-state index is 12.0. The van der Waals surface area contributed by atoms with E-state index >= 15 is 0 Å². The van der Waals surface area contributed by atoms with Gasteiger partial charge in [0.05, 0.1) is 11.5 Å². The third-order valence-electron chi connectivity index (χ3n) is 3.38. The van der Waals surface area contributed by atoms with E-state index in [2.05, 4.69) is 5.32 Å². The number of aliphatic carboxylic acids is 1. The van der Waals surface area contributed by atoms with Crippen LogP contribution in [-0.2, 0) is 14.6 Å². The van der Waals surface area contributed by atoms with E-state index in [9.17, 15) is 18.0 Å². The van der Waals surface area contributed by atoms with E-state index in [0.717, 1.165) is 0 Å². The molecule has 2 atom stereocenters. The molecule has 0 aromatic rings. The number of sulfone groups is 1. The fourth-order valence-electron chi connectivity index (χ4n) is 2.19. The van der Waals surface area contributed by atoms with Crippen LogP contribution in [0.15, 0.2) is 0 Å². The Kier molecular flexibility index (Phi) is 5.38. The number of hydrogen-bond donors (Lipinski definition) is 2. The predicted molar refractivity (Wildman–Crippen MR) is 74.2 cm³/mol. The van der Waals surface area contributed by atoms with Gasteiger partial charge in [-0.1, -0.05) is 13.8 Å². The van der Waals surface area contributed by atoms with Crippen molar-refractivity contribution in [2.24, 2.45) is 5.92 Å². The molecule has 20 heavy (non-hydrogen) atoms. The Morgan fingerprint density at radius 2 is 2.00 bits per heavy atom. The van der Waals surface area contributed by atoms with Crippen LogP contribution in [0.3, 0.4) is 0 Å². The fraction of sp³-hybridized carbons (Fsp3) is 0.833. The molecule has 0 aromatic heterocycles. The first-order valence-electron chi connectivity index (χ1n) is 6.59. The number of amides is 2. The monoisotopic (exact) mass is 306 g/mol. The summed E-state index contributed by atoms with van der Waals surface area (Å²) in [6.45, 7) is 3.74. The molecule has 1 aliphatic heterocycles. The highest BCUT2D eigenvalue weighted by atomic mass is 32.2. The zero-order chi connectivity index (χ0) is 15.5. The molecular weight excluding hydrogens is 284 g/mol. The van der Waals surface area contributed by atoms with Crippen molar-refractivity contribution in [3.63, 3.8) is 0 Å². The topological polar surface area (TPSA) is 104 Å². The number of nitrogens with one attached hydrogen (secondary N) is 1. The number of carboxylic acid groups (broad SMARTS) is 1. The van der Waals surface area contributed by atoms with Crippen molar-refractivity contribution in [2.45, 2.75) is 38.8 Å². The van der Waals surface area contributed by atoms with Crippen LogP contribution in [0, 0.1) is 5.92 Å². The molecule has 0 spiro atoms. The van der Waals surface area contributed by atoms with E-state index < -0.39 is 27.9 Å². The molecule has 0 bridgehead atoms. The lowest BCUT2D eigenvalue weighted by Crippen LogP contribution is -2.50. The Hall–Kier alpha value is -1.31. The summed E-state index contributed by atoms with van der Waals surface area (Å²) in [5.74, 6) is -0.935. The van der Waals surface area contributed by atoms with Crippen molar-refractivity contribution in [1.29, 1.82) is 0 Å². The summed E-state index contributed by atoms with van der Waals surface area (Å²) in [6, 6.07) is -1.88. The van der Waals surface area contributed by atoms with Crippen molar-refractivity contribution in [3.8, 4) is 0 Å². The third-order valence-corrected chi connectivity index (χ3v) is 5.13. The lowest BCUT2D eigenvalue weighted by molar-refractivity contribution is -0.139. The highest BCUT2D eigenvalue weighted by Gasteiger charge is 2.33. The minimum absolute atomic E-state index is 0.0567. The smallest absolute Gasteiger partial charge is 0.326 e. The van der Waals surface area contributed by atoms with E-state index in [1.165, 1.54) is 11.9 Å². The lowest BCUT2D eigenvalue weighted by atomic mass is 10.0. The van der Waals surface area contributed by atoms with Crippen molar-refractivity contribution in [1.82, 2.24) is 10.2 Å². The maximum atomic E-state index is 12.0. The van der Waals surface area contributed by atoms with Crippen LogP contribution in [0.5, 0.6) is 0 Å². The van der Waals surface area contributed by atoms with E-state index in [1.807, 2.05) is 13.8 Å². The zero-order valence-electron chi connectivity index (χ0n) is 12.0. The van der Waals surface area contributed by atoms with Gasteiger partial charge in [0.25, 0.3) is 0 Å². The summed E-state index contributed by atoms with van der Waals surface area (Å²) in [5, 5.41) is 11.5. The second-order valence-corrected chi connectivity index (χ2v) is 7.87. The highest BCUT2D eigenvalue weighted by molar-refractivity contribution is 7.91. The average Bonchev–Trinajstić information content (AvgIpc) is 2.67. The Labute approximate surface area is 119 Å². The van der Waals surface area contributed by atoms with Crippen LogP contribution in [0.2, 0.25) is 0 Å². The first-order chi connectivity index (χ1) is 9.12. The van der Waals surface area contributed by atoms with Gasteiger partial charge in [0.2, 0.25) is 0 Å². The molecule has 1 heterocycles. The highest BCUT2D eigenvalue weighted by Crippen LogP contribution is 2.16. The number of urea groups is 1. The van der Waals surface area contributed by atoms with Gasteiger partial charge in [-0.25, -0.2) is 18.0 Å². The van der Waals surface area contributed by atoms with Crippen molar-refractivity contribution in [2.75, 3.05) is 18.6 Å². The summed E-state index contributed by atoms with van der Waals surface area (Å²) in [4.78, 5) is 24.4. The normalized spacial score (nSPS) is 22.5. The number of carboxylic acids is 1. The van der Waals surface area contributed by atoms with Gasteiger partial charge in [-0.15, -0.1) is 0 Å². The molecule has 1 unspecified atom stereocenters. The van der Waals surface area contributed by atoms with Crippen molar-refractivity contribution < 1.29 is 23.1 Å². The van der Waals surface area contributed by atoms with Crippen LogP contribution < -0.4 is 5.32 Å². The summed E-state index contributed by atoms with van der Waals surface area (Å²) in [7, 11) is -1.58. The van der Waals surface area contributed by atoms with Crippen LogP contribution >= 0.6 is 0 Å². The molecule has 0 aromatic carbocycles. The van der Waals surface area contributed by atoms with E-state index in [0.29, 0.717) is 12.8 Å². The van der Waals surface area contributed by atoms with Gasteiger partial charge >= 0.3 is 12.0 Å². The lowest BCUT2D eigenvalue weighted by Gasteiger charge is -2.26. The van der Waals surface area contributed by atoms with Crippen LogP contribution in [0.4, 0.5) is 4.79 Å². The SMILES string of the molecule is CC(C)C[C@@H](NC(=O)N(C)C1CCS(=O)(=O)C1)C(=O)O. The van der Waals surface area contributed by atoms with Crippen LogP contribution in [-0.4, -0.2) is 61.1 Å². The number of carbonyl (C=O) groups is 2. The quantitative estimate of drug-likeness (QED) is 0.761. The summed E-state index contributed by atoms with van der Waals surface area (Å²) in [6.07, 6.45) is 0.728. The van der Waals surface area contributed by atoms with Gasteiger partial charge in [0, 0.05) is 13.1 Å². The molecule has 0 saturated carbocycles. The first-order valence-corrected chi connectivity index (χ1v) is 8.41. The molecule has 1 rings (SSSR count). The maximum Gasteiger partial charge on any atom is 0.326 e. The number of rotatable bonds is 5. The molecule has 1 saturated heterocycles. The Morgan fingerprint density at radius 3 is 2.40 bits per heavy atom. The predicted octanol–water partition coefficient (Wildman–Crippen LogP) is 0.314. The molecule has 116 valence electrons. The third kappa shape index (κ3) is 4.66. The Bertz CT molecular complexity index is 474. The Balaban J connectivity index is 2.62. The van der Waals surface area contributed by atoms with Crippen molar-refractivity contribution in [3.05, 3.63) is 0 Å². The van der Waals surface area contributed by atoms with Gasteiger partial charge < -0.3 is 15.3 Å². The van der Waals surface area contributed by atoms with Crippen LogP contribution in [0.25, 0.3) is 0 Å². The average molecular weight is 306 g/mol. The van der Waals surface area contributed by atoms with Gasteiger partial charge in [0.15, 0.2) is 9.84 Å². The van der Waals surface area contributed by atoms with Gasteiger partial charge in [-0.2, -0.15) is 0 Å². The van der Waals surface area contributed by atoms with Crippen molar-refractivity contribution >= 4 is 21.8 Å². The number of carbonyl (C=O) groups excluding carboxylic acids is 1. The molecular formula is C12H22N2O5S.